The Balaban J connectivity index is 2.31. The molecule has 0 bridgehead atoms. The van der Waals surface area contributed by atoms with Crippen LogP contribution < -0.4 is 0 Å². The predicted molar refractivity (Wildman–Crippen MR) is 78.7 cm³/mol. The van der Waals surface area contributed by atoms with Crippen LogP contribution in [0.15, 0.2) is 48.5 Å². The Hall–Kier alpha value is -2.06. The van der Waals surface area contributed by atoms with Crippen LogP contribution in [0.2, 0.25) is 0 Å². The van der Waals surface area contributed by atoms with Crippen molar-refractivity contribution in [2.45, 2.75) is 20.5 Å². The van der Waals surface area contributed by atoms with Gasteiger partial charge in [0.25, 0.3) is 0 Å². The SMILES string of the molecule is Cc1ccc(-n2c(CO)cc3ccc(C)cc32)cc1. The highest BCUT2D eigenvalue weighted by molar-refractivity contribution is 5.84. The van der Waals surface area contributed by atoms with Crippen molar-refractivity contribution in [3.05, 3.63) is 65.4 Å². The Bertz CT molecular complexity index is 723. The highest BCUT2D eigenvalue weighted by Gasteiger charge is 2.09. The lowest BCUT2D eigenvalue weighted by Crippen LogP contribution is -1.99. The van der Waals surface area contributed by atoms with E-state index in [1.165, 1.54) is 11.1 Å². The summed E-state index contributed by atoms with van der Waals surface area (Å²) in [6, 6.07) is 16.8. The number of aliphatic hydroxyl groups excluding tert-OH is 1. The van der Waals surface area contributed by atoms with Crippen LogP contribution in [0.4, 0.5) is 0 Å². The van der Waals surface area contributed by atoms with E-state index in [-0.39, 0.29) is 6.61 Å². The van der Waals surface area contributed by atoms with Crippen molar-refractivity contribution in [3.63, 3.8) is 0 Å². The van der Waals surface area contributed by atoms with Crippen LogP contribution >= 0.6 is 0 Å². The molecule has 2 nitrogen and oxygen atoms in total. The van der Waals surface area contributed by atoms with Crippen LogP contribution in [-0.4, -0.2) is 9.67 Å². The molecule has 2 aromatic carbocycles. The van der Waals surface area contributed by atoms with Crippen LogP contribution in [0.5, 0.6) is 0 Å². The van der Waals surface area contributed by atoms with Crippen molar-refractivity contribution in [3.8, 4) is 5.69 Å². The molecule has 3 aromatic rings. The van der Waals surface area contributed by atoms with Gasteiger partial charge in [-0.2, -0.15) is 0 Å². The van der Waals surface area contributed by atoms with Gasteiger partial charge in [0.2, 0.25) is 0 Å². The van der Waals surface area contributed by atoms with Crippen molar-refractivity contribution in [1.29, 1.82) is 0 Å². The van der Waals surface area contributed by atoms with Crippen molar-refractivity contribution in [2.75, 3.05) is 0 Å². The fourth-order valence-corrected chi connectivity index (χ4v) is 2.48. The molecule has 0 spiro atoms. The number of benzene rings is 2. The zero-order valence-corrected chi connectivity index (χ0v) is 11.2. The summed E-state index contributed by atoms with van der Waals surface area (Å²) in [5.74, 6) is 0. The molecule has 0 aliphatic carbocycles. The quantitative estimate of drug-likeness (QED) is 0.737. The first kappa shape index (κ1) is 12.0. The van der Waals surface area contributed by atoms with E-state index in [0.717, 1.165) is 22.3 Å². The zero-order valence-electron chi connectivity index (χ0n) is 11.2. The van der Waals surface area contributed by atoms with Crippen molar-refractivity contribution >= 4 is 10.9 Å². The Kier molecular flexibility index (Phi) is 2.88. The molecular weight excluding hydrogens is 234 g/mol. The highest BCUT2D eigenvalue weighted by Crippen LogP contribution is 2.25. The summed E-state index contributed by atoms with van der Waals surface area (Å²) in [6.07, 6.45) is 0. The molecule has 0 saturated carbocycles. The van der Waals surface area contributed by atoms with E-state index in [2.05, 4.69) is 66.9 Å². The molecule has 2 heteroatoms. The standard InChI is InChI=1S/C17H17NO/c1-12-4-7-15(8-5-12)18-16(11-19)10-14-6-3-13(2)9-17(14)18/h3-10,19H,11H2,1-2H3. The summed E-state index contributed by atoms with van der Waals surface area (Å²) in [5.41, 5.74) is 5.62. The molecule has 1 heterocycles. The predicted octanol–water partition coefficient (Wildman–Crippen LogP) is 3.74. The second-order valence-corrected chi connectivity index (χ2v) is 5.03. The van der Waals surface area contributed by atoms with Crippen molar-refractivity contribution in [1.82, 2.24) is 4.57 Å². The third kappa shape index (κ3) is 2.04. The summed E-state index contributed by atoms with van der Waals surface area (Å²) in [4.78, 5) is 0. The van der Waals surface area contributed by atoms with E-state index in [4.69, 9.17) is 0 Å². The van der Waals surface area contributed by atoms with Gasteiger partial charge in [-0.1, -0.05) is 29.8 Å². The minimum absolute atomic E-state index is 0.0433. The maximum atomic E-state index is 9.58. The van der Waals surface area contributed by atoms with Gasteiger partial charge < -0.3 is 9.67 Å². The summed E-state index contributed by atoms with van der Waals surface area (Å²) in [6.45, 7) is 4.21. The molecule has 0 saturated heterocycles. The summed E-state index contributed by atoms with van der Waals surface area (Å²) >= 11 is 0. The van der Waals surface area contributed by atoms with Crippen LogP contribution in [0, 0.1) is 13.8 Å². The van der Waals surface area contributed by atoms with Gasteiger partial charge in [0.15, 0.2) is 0 Å². The third-order valence-electron chi connectivity index (χ3n) is 3.49. The Morgan fingerprint density at radius 2 is 1.58 bits per heavy atom. The highest BCUT2D eigenvalue weighted by atomic mass is 16.3. The number of aliphatic hydroxyl groups is 1. The van der Waals surface area contributed by atoms with Crippen LogP contribution in [0.1, 0.15) is 16.8 Å². The first-order valence-corrected chi connectivity index (χ1v) is 6.48. The van der Waals surface area contributed by atoms with Gasteiger partial charge in [-0.25, -0.2) is 0 Å². The van der Waals surface area contributed by atoms with E-state index in [1.54, 1.807) is 0 Å². The molecule has 3 rings (SSSR count). The molecule has 19 heavy (non-hydrogen) atoms. The molecule has 0 amide bonds. The summed E-state index contributed by atoms with van der Waals surface area (Å²) < 4.78 is 2.13. The Labute approximate surface area is 112 Å². The van der Waals surface area contributed by atoms with Gasteiger partial charge in [-0.05, 0) is 43.7 Å². The molecule has 0 aliphatic rings. The first-order chi connectivity index (χ1) is 9.19. The number of hydrogen-bond donors (Lipinski definition) is 1. The van der Waals surface area contributed by atoms with Crippen LogP contribution in [0.25, 0.3) is 16.6 Å². The van der Waals surface area contributed by atoms with E-state index in [9.17, 15) is 5.11 Å². The molecule has 1 aromatic heterocycles. The molecular formula is C17H17NO. The molecule has 0 unspecified atom stereocenters. The molecule has 0 radical (unpaired) electrons. The molecule has 96 valence electrons. The van der Waals surface area contributed by atoms with Gasteiger partial charge in [0.05, 0.1) is 12.1 Å². The number of fused-ring (bicyclic) bond motifs is 1. The maximum Gasteiger partial charge on any atom is 0.0836 e. The minimum Gasteiger partial charge on any atom is -0.390 e. The lowest BCUT2D eigenvalue weighted by molar-refractivity contribution is 0.275. The van der Waals surface area contributed by atoms with Gasteiger partial charge in [-0.15, -0.1) is 0 Å². The van der Waals surface area contributed by atoms with Gasteiger partial charge in [0, 0.05) is 16.8 Å². The molecule has 0 aliphatic heterocycles. The summed E-state index contributed by atoms with van der Waals surface area (Å²) in [7, 11) is 0. The van der Waals surface area contributed by atoms with Crippen molar-refractivity contribution < 1.29 is 5.11 Å². The number of nitrogens with zero attached hydrogens (tertiary/aromatic N) is 1. The lowest BCUT2D eigenvalue weighted by atomic mass is 10.2. The van der Waals surface area contributed by atoms with Crippen LogP contribution in [-0.2, 0) is 6.61 Å². The zero-order chi connectivity index (χ0) is 13.4. The average molecular weight is 251 g/mol. The third-order valence-corrected chi connectivity index (χ3v) is 3.49. The maximum absolute atomic E-state index is 9.58. The number of aryl methyl sites for hydroxylation is 2. The Morgan fingerprint density at radius 3 is 2.26 bits per heavy atom. The largest absolute Gasteiger partial charge is 0.390 e. The van der Waals surface area contributed by atoms with Gasteiger partial charge >= 0.3 is 0 Å². The number of aromatic nitrogens is 1. The van der Waals surface area contributed by atoms with Gasteiger partial charge in [0.1, 0.15) is 0 Å². The average Bonchev–Trinajstić information content (AvgIpc) is 2.77. The fraction of sp³-hybridized carbons (Fsp3) is 0.176. The van der Waals surface area contributed by atoms with Crippen LogP contribution in [0.3, 0.4) is 0 Å². The smallest absolute Gasteiger partial charge is 0.0836 e. The lowest BCUT2D eigenvalue weighted by Gasteiger charge is -2.10. The molecule has 0 fully saturated rings. The van der Waals surface area contributed by atoms with Crippen molar-refractivity contribution in [2.24, 2.45) is 0 Å². The fourth-order valence-electron chi connectivity index (χ4n) is 2.48. The monoisotopic (exact) mass is 251 g/mol. The van der Waals surface area contributed by atoms with E-state index < -0.39 is 0 Å². The van der Waals surface area contributed by atoms with E-state index in [1.807, 2.05) is 0 Å². The van der Waals surface area contributed by atoms with E-state index in [0.29, 0.717) is 0 Å². The molecule has 1 N–H and O–H groups in total. The van der Waals surface area contributed by atoms with E-state index >= 15 is 0 Å². The first-order valence-electron chi connectivity index (χ1n) is 6.48. The minimum atomic E-state index is 0.0433. The Morgan fingerprint density at radius 1 is 0.895 bits per heavy atom. The second kappa shape index (κ2) is 4.56. The molecule has 0 atom stereocenters. The topological polar surface area (TPSA) is 25.2 Å². The van der Waals surface area contributed by atoms with Gasteiger partial charge in [-0.3, -0.25) is 0 Å². The number of hydrogen-bond acceptors (Lipinski definition) is 1. The second-order valence-electron chi connectivity index (χ2n) is 5.03. The normalized spacial score (nSPS) is 11.1. The summed E-state index contributed by atoms with van der Waals surface area (Å²) in [5, 5.41) is 10.7. The number of rotatable bonds is 2.